The van der Waals surface area contributed by atoms with Crippen LogP contribution in [0.1, 0.15) is 22.8 Å². The predicted molar refractivity (Wildman–Crippen MR) is 101 cm³/mol. The van der Waals surface area contributed by atoms with Gasteiger partial charge in [0.2, 0.25) is 5.82 Å². The first kappa shape index (κ1) is 18.3. The molecule has 0 aromatic heterocycles. The van der Waals surface area contributed by atoms with Crippen molar-refractivity contribution >= 4 is 6.08 Å². The monoisotopic (exact) mass is 382 g/mol. The van der Waals surface area contributed by atoms with Crippen LogP contribution in [0.2, 0.25) is 0 Å². The fourth-order valence-electron chi connectivity index (χ4n) is 2.97. The largest absolute Gasteiger partial charge is 0.486 e. The molecule has 5 heteroatoms. The number of rotatable bonds is 6. The van der Waals surface area contributed by atoms with Crippen LogP contribution in [0.5, 0.6) is 5.75 Å². The van der Waals surface area contributed by atoms with Crippen molar-refractivity contribution in [1.29, 1.82) is 0 Å². The number of benzene rings is 3. The number of epoxide rings is 1. The van der Waals surface area contributed by atoms with Gasteiger partial charge in [-0.3, -0.25) is 0 Å². The summed E-state index contributed by atoms with van der Waals surface area (Å²) in [6, 6.07) is 15.1. The van der Waals surface area contributed by atoms with Crippen LogP contribution >= 0.6 is 0 Å². The molecule has 1 saturated heterocycles. The number of ether oxygens (including phenoxy) is 2. The van der Waals surface area contributed by atoms with Gasteiger partial charge in [-0.1, -0.05) is 49.1 Å². The SMILES string of the molecule is C=Cc1ccc(OCc2ccc(-c3ccc(C4CO4)c(F)c3)cc2)c(F)c1F. The Labute approximate surface area is 160 Å². The second kappa shape index (κ2) is 7.52. The predicted octanol–water partition coefficient (Wildman–Crippen LogP) is 6.06. The molecule has 4 rings (SSSR count). The Morgan fingerprint density at radius 3 is 2.32 bits per heavy atom. The first-order valence-electron chi connectivity index (χ1n) is 8.80. The molecule has 0 amide bonds. The van der Waals surface area contributed by atoms with Crippen LogP contribution in [0.4, 0.5) is 13.2 Å². The molecule has 1 fully saturated rings. The molecular weight excluding hydrogens is 365 g/mol. The number of hydrogen-bond acceptors (Lipinski definition) is 2. The maximum Gasteiger partial charge on any atom is 0.201 e. The van der Waals surface area contributed by atoms with Crippen molar-refractivity contribution in [3.8, 4) is 16.9 Å². The van der Waals surface area contributed by atoms with Crippen molar-refractivity contribution in [3.63, 3.8) is 0 Å². The molecule has 0 bridgehead atoms. The standard InChI is InChI=1S/C23H17F3O2/c1-2-15-8-10-20(23(26)22(15)25)27-12-14-3-5-16(6-4-14)17-7-9-18(19(24)11-17)21-13-28-21/h2-11,21H,1,12-13H2. The summed E-state index contributed by atoms with van der Waals surface area (Å²) < 4.78 is 52.4. The van der Waals surface area contributed by atoms with Gasteiger partial charge < -0.3 is 9.47 Å². The van der Waals surface area contributed by atoms with Crippen LogP contribution in [0.3, 0.4) is 0 Å². The Kier molecular flexibility index (Phi) is 4.92. The lowest BCUT2D eigenvalue weighted by atomic mass is 10.0. The van der Waals surface area contributed by atoms with Gasteiger partial charge >= 0.3 is 0 Å². The van der Waals surface area contributed by atoms with Gasteiger partial charge in [-0.15, -0.1) is 0 Å². The number of hydrogen-bond donors (Lipinski definition) is 0. The summed E-state index contributed by atoms with van der Waals surface area (Å²) in [6.45, 7) is 4.07. The van der Waals surface area contributed by atoms with Crippen LogP contribution < -0.4 is 4.74 Å². The van der Waals surface area contributed by atoms with Crippen molar-refractivity contribution < 1.29 is 22.6 Å². The maximum atomic E-state index is 14.2. The zero-order valence-corrected chi connectivity index (χ0v) is 14.9. The molecule has 28 heavy (non-hydrogen) atoms. The molecule has 0 N–H and O–H groups in total. The van der Waals surface area contributed by atoms with Gasteiger partial charge in [0.15, 0.2) is 11.6 Å². The van der Waals surface area contributed by atoms with Gasteiger partial charge in [-0.25, -0.2) is 8.78 Å². The molecule has 3 aromatic rings. The summed E-state index contributed by atoms with van der Waals surface area (Å²) in [5.74, 6) is -2.46. The zero-order valence-electron chi connectivity index (χ0n) is 14.9. The average molecular weight is 382 g/mol. The zero-order chi connectivity index (χ0) is 19.7. The van der Waals surface area contributed by atoms with E-state index in [1.807, 2.05) is 18.2 Å². The second-order valence-corrected chi connectivity index (χ2v) is 6.53. The van der Waals surface area contributed by atoms with Crippen molar-refractivity contribution in [2.45, 2.75) is 12.7 Å². The van der Waals surface area contributed by atoms with Gasteiger partial charge in [-0.05, 0) is 34.9 Å². The topological polar surface area (TPSA) is 21.8 Å². The maximum absolute atomic E-state index is 14.2. The van der Waals surface area contributed by atoms with Crippen LogP contribution in [-0.2, 0) is 11.3 Å². The van der Waals surface area contributed by atoms with E-state index in [1.165, 1.54) is 24.3 Å². The minimum absolute atomic E-state index is 0.0798. The third kappa shape index (κ3) is 3.66. The highest BCUT2D eigenvalue weighted by molar-refractivity contribution is 5.64. The third-order valence-electron chi connectivity index (χ3n) is 4.66. The van der Waals surface area contributed by atoms with Crippen LogP contribution in [-0.4, -0.2) is 6.61 Å². The van der Waals surface area contributed by atoms with Crippen molar-refractivity contribution in [1.82, 2.24) is 0 Å². The normalized spacial score (nSPS) is 15.3. The van der Waals surface area contributed by atoms with Crippen LogP contribution in [0.25, 0.3) is 17.2 Å². The van der Waals surface area contributed by atoms with Gasteiger partial charge in [-0.2, -0.15) is 4.39 Å². The van der Waals surface area contributed by atoms with E-state index >= 15 is 0 Å². The van der Waals surface area contributed by atoms with Gasteiger partial charge in [0.1, 0.15) is 18.5 Å². The van der Waals surface area contributed by atoms with Gasteiger partial charge in [0.05, 0.1) is 6.61 Å². The average Bonchev–Trinajstić information content (AvgIpc) is 3.55. The van der Waals surface area contributed by atoms with E-state index in [0.717, 1.165) is 16.7 Å². The summed E-state index contributed by atoms with van der Waals surface area (Å²) in [4.78, 5) is 0. The molecule has 142 valence electrons. The molecular formula is C23H17F3O2. The van der Waals surface area contributed by atoms with Gasteiger partial charge in [0.25, 0.3) is 0 Å². The van der Waals surface area contributed by atoms with E-state index in [1.54, 1.807) is 18.2 Å². The van der Waals surface area contributed by atoms with Crippen LogP contribution in [0, 0.1) is 17.5 Å². The van der Waals surface area contributed by atoms with E-state index < -0.39 is 11.6 Å². The third-order valence-corrected chi connectivity index (χ3v) is 4.66. The fraction of sp³-hybridized carbons (Fsp3) is 0.130. The van der Waals surface area contributed by atoms with Crippen molar-refractivity contribution in [2.75, 3.05) is 6.61 Å². The highest BCUT2D eigenvalue weighted by Gasteiger charge is 2.27. The van der Waals surface area contributed by atoms with E-state index in [0.29, 0.717) is 12.2 Å². The molecule has 0 radical (unpaired) electrons. The van der Waals surface area contributed by atoms with Crippen molar-refractivity contribution in [3.05, 3.63) is 95.3 Å². The summed E-state index contributed by atoms with van der Waals surface area (Å²) in [6.07, 6.45) is 1.12. The fourth-order valence-corrected chi connectivity index (χ4v) is 2.97. The Bertz CT molecular complexity index is 1020. The molecule has 1 aliphatic heterocycles. The second-order valence-electron chi connectivity index (χ2n) is 6.53. The first-order valence-corrected chi connectivity index (χ1v) is 8.80. The van der Waals surface area contributed by atoms with Crippen LogP contribution in [0.15, 0.2) is 61.2 Å². The Hall–Kier alpha value is -3.05. The molecule has 1 atom stereocenters. The van der Waals surface area contributed by atoms with E-state index in [9.17, 15) is 13.2 Å². The molecule has 1 unspecified atom stereocenters. The molecule has 0 aliphatic carbocycles. The lowest BCUT2D eigenvalue weighted by Gasteiger charge is -2.10. The molecule has 1 heterocycles. The number of halogens is 3. The summed E-state index contributed by atoms with van der Waals surface area (Å²) in [5, 5.41) is 0. The minimum Gasteiger partial charge on any atom is -0.486 e. The quantitative estimate of drug-likeness (QED) is 0.483. The lowest BCUT2D eigenvalue weighted by molar-refractivity contribution is 0.284. The lowest BCUT2D eigenvalue weighted by Crippen LogP contribution is -2.00. The highest BCUT2D eigenvalue weighted by Crippen LogP contribution is 2.33. The Morgan fingerprint density at radius 1 is 0.964 bits per heavy atom. The Balaban J connectivity index is 1.46. The minimum atomic E-state index is -1.04. The molecule has 2 nitrogen and oxygen atoms in total. The van der Waals surface area contributed by atoms with E-state index in [2.05, 4.69) is 6.58 Å². The smallest absolute Gasteiger partial charge is 0.201 e. The Morgan fingerprint density at radius 2 is 1.68 bits per heavy atom. The van der Waals surface area contributed by atoms with Gasteiger partial charge in [0, 0.05) is 11.1 Å². The molecule has 0 saturated carbocycles. The molecule has 0 spiro atoms. The van der Waals surface area contributed by atoms with E-state index in [4.69, 9.17) is 9.47 Å². The van der Waals surface area contributed by atoms with Crippen molar-refractivity contribution in [2.24, 2.45) is 0 Å². The first-order chi connectivity index (χ1) is 13.6. The molecule has 1 aliphatic rings. The molecule has 3 aromatic carbocycles. The summed E-state index contributed by atoms with van der Waals surface area (Å²) >= 11 is 0. The summed E-state index contributed by atoms with van der Waals surface area (Å²) in [7, 11) is 0. The summed E-state index contributed by atoms with van der Waals surface area (Å²) in [5.41, 5.74) is 3.03. The highest BCUT2D eigenvalue weighted by atomic mass is 19.2. The van der Waals surface area contributed by atoms with E-state index in [-0.39, 0.29) is 29.8 Å².